The molecule has 0 radical (unpaired) electrons. The average Bonchev–Trinajstić information content (AvgIpc) is 3.05. The fourth-order valence-electron chi connectivity index (χ4n) is 3.39. The molecule has 0 aliphatic heterocycles. The van der Waals surface area contributed by atoms with Crippen molar-refractivity contribution in [2.75, 3.05) is 11.1 Å². The first-order valence-electron chi connectivity index (χ1n) is 9.57. The number of nitrogens with one attached hydrogen (secondary N) is 1. The van der Waals surface area contributed by atoms with E-state index in [1.165, 1.54) is 11.6 Å². The molecule has 8 heteroatoms. The van der Waals surface area contributed by atoms with Crippen molar-refractivity contribution in [2.24, 2.45) is 0 Å². The van der Waals surface area contributed by atoms with Gasteiger partial charge in [0, 0.05) is 17.8 Å². The van der Waals surface area contributed by atoms with E-state index in [0.717, 1.165) is 30.4 Å². The lowest BCUT2D eigenvalue weighted by Crippen LogP contribution is -2.11. The molecule has 4 aromatic rings. The summed E-state index contributed by atoms with van der Waals surface area (Å²) >= 11 is 11.9. The molecule has 5 nitrogen and oxygen atoms in total. The quantitative estimate of drug-likeness (QED) is 0.347. The number of halogens is 3. The minimum Gasteiger partial charge on any atom is -0.369 e. The molecule has 0 atom stereocenters. The maximum absolute atomic E-state index is 12.5. The van der Waals surface area contributed by atoms with Crippen LogP contribution < -0.4 is 11.1 Å². The number of nitrogen functional groups attached to an aromatic ring is 1. The molecule has 0 fully saturated rings. The molecule has 3 aromatic carbocycles. The van der Waals surface area contributed by atoms with Crippen LogP contribution in [0.4, 0.5) is 11.6 Å². The van der Waals surface area contributed by atoms with E-state index in [1.807, 2.05) is 41.0 Å². The summed E-state index contributed by atoms with van der Waals surface area (Å²) < 4.78 is 2.00. The first kappa shape index (κ1) is 22.9. The van der Waals surface area contributed by atoms with Gasteiger partial charge in [-0.2, -0.15) is 0 Å². The van der Waals surface area contributed by atoms with Gasteiger partial charge in [0.15, 0.2) is 0 Å². The monoisotopic (exact) mass is 474 g/mol. The van der Waals surface area contributed by atoms with Crippen molar-refractivity contribution in [3.05, 3.63) is 87.9 Å². The Morgan fingerprint density at radius 2 is 1.77 bits per heavy atom. The molecule has 31 heavy (non-hydrogen) atoms. The average molecular weight is 476 g/mol. The van der Waals surface area contributed by atoms with E-state index < -0.39 is 0 Å². The highest BCUT2D eigenvalue weighted by Crippen LogP contribution is 2.25. The Labute approximate surface area is 196 Å². The minimum absolute atomic E-state index is 0. The lowest BCUT2D eigenvalue weighted by atomic mass is 10.1. The lowest BCUT2D eigenvalue weighted by Gasteiger charge is -2.08. The molecule has 4 rings (SSSR count). The first-order valence-corrected chi connectivity index (χ1v) is 10.3. The van der Waals surface area contributed by atoms with Gasteiger partial charge in [0.05, 0.1) is 21.1 Å². The maximum atomic E-state index is 12.5. The number of carbonyl (C=O) groups is 1. The van der Waals surface area contributed by atoms with Crippen LogP contribution >= 0.6 is 35.6 Å². The zero-order valence-corrected chi connectivity index (χ0v) is 18.8. The highest BCUT2D eigenvalue weighted by Gasteiger charge is 2.12. The zero-order chi connectivity index (χ0) is 21.1. The van der Waals surface area contributed by atoms with Gasteiger partial charge in [-0.05, 0) is 54.8 Å². The van der Waals surface area contributed by atoms with E-state index in [4.69, 9.17) is 28.9 Å². The highest BCUT2D eigenvalue weighted by molar-refractivity contribution is 6.42. The summed E-state index contributed by atoms with van der Waals surface area (Å²) in [6.07, 6.45) is 1.92. The van der Waals surface area contributed by atoms with Crippen LogP contribution in [0.3, 0.4) is 0 Å². The summed E-state index contributed by atoms with van der Waals surface area (Å²) in [5.41, 5.74) is 10.2. The number of hydrogen-bond donors (Lipinski definition) is 2. The first-order chi connectivity index (χ1) is 14.5. The Bertz CT molecular complexity index is 1210. The Kier molecular flexibility index (Phi) is 7.44. The second-order valence-corrected chi connectivity index (χ2v) is 7.81. The predicted molar refractivity (Wildman–Crippen MR) is 131 cm³/mol. The molecule has 0 aliphatic rings. The number of aromatic nitrogens is 2. The molecule has 0 saturated carbocycles. The number of benzene rings is 3. The number of carbonyl (C=O) groups excluding carboxylic acids is 1. The number of aryl methyl sites for hydroxylation is 2. The van der Waals surface area contributed by atoms with Crippen LogP contribution in [-0.2, 0) is 13.0 Å². The van der Waals surface area contributed by atoms with Gasteiger partial charge in [0.25, 0.3) is 5.91 Å². The van der Waals surface area contributed by atoms with Crippen LogP contribution in [0, 0.1) is 0 Å². The molecule has 1 heterocycles. The van der Waals surface area contributed by atoms with Gasteiger partial charge in [0.1, 0.15) is 0 Å². The van der Waals surface area contributed by atoms with Gasteiger partial charge in [-0.3, -0.25) is 4.79 Å². The van der Waals surface area contributed by atoms with Gasteiger partial charge < -0.3 is 15.6 Å². The number of nitrogens with zero attached hydrogens (tertiary/aromatic N) is 2. The molecule has 160 valence electrons. The molecule has 1 amide bonds. The van der Waals surface area contributed by atoms with Crippen LogP contribution in [0.25, 0.3) is 11.0 Å². The van der Waals surface area contributed by atoms with E-state index >= 15 is 0 Å². The minimum atomic E-state index is -0.275. The topological polar surface area (TPSA) is 72.9 Å². The molecule has 0 aliphatic carbocycles. The Balaban J connectivity index is 0.00000272. The van der Waals surface area contributed by atoms with Gasteiger partial charge in [-0.15, -0.1) is 12.4 Å². The van der Waals surface area contributed by atoms with Crippen molar-refractivity contribution < 1.29 is 4.79 Å². The van der Waals surface area contributed by atoms with Crippen molar-refractivity contribution in [3.8, 4) is 0 Å². The third-order valence-corrected chi connectivity index (χ3v) is 5.65. The smallest absolute Gasteiger partial charge is 0.255 e. The number of rotatable bonds is 6. The van der Waals surface area contributed by atoms with Crippen LogP contribution in [0.2, 0.25) is 10.0 Å². The number of anilines is 2. The standard InChI is InChI=1S/C23H20Cl2N4O.ClH/c24-18-10-8-16(13-19(18)25)22(30)27-17-9-11-21-20(14-17)28-23(26)29(21)12-4-7-15-5-2-1-3-6-15;/h1-3,5-6,8-11,13-14H,4,7,12H2,(H2,26,28)(H,27,30);1H. The van der Waals surface area contributed by atoms with Crippen LogP contribution in [0.15, 0.2) is 66.7 Å². The second kappa shape index (κ2) is 10.1. The van der Waals surface area contributed by atoms with Crippen molar-refractivity contribution in [3.63, 3.8) is 0 Å². The molecule has 0 saturated heterocycles. The summed E-state index contributed by atoms with van der Waals surface area (Å²) in [5, 5.41) is 3.60. The number of nitrogens with two attached hydrogens (primary N) is 1. The van der Waals surface area contributed by atoms with E-state index in [1.54, 1.807) is 12.1 Å². The molecule has 3 N–H and O–H groups in total. The lowest BCUT2D eigenvalue weighted by molar-refractivity contribution is 0.102. The zero-order valence-electron chi connectivity index (χ0n) is 16.5. The summed E-state index contributed by atoms with van der Waals surface area (Å²) in [7, 11) is 0. The van der Waals surface area contributed by atoms with E-state index in [-0.39, 0.29) is 18.3 Å². The normalized spacial score (nSPS) is 10.6. The Hall–Kier alpha value is -2.73. The maximum Gasteiger partial charge on any atom is 0.255 e. The number of amides is 1. The van der Waals surface area contributed by atoms with Crippen molar-refractivity contribution in [2.45, 2.75) is 19.4 Å². The third-order valence-electron chi connectivity index (χ3n) is 4.91. The summed E-state index contributed by atoms with van der Waals surface area (Å²) in [6.45, 7) is 0.770. The van der Waals surface area contributed by atoms with E-state index in [9.17, 15) is 4.79 Å². The summed E-state index contributed by atoms with van der Waals surface area (Å²) in [6, 6.07) is 20.7. The van der Waals surface area contributed by atoms with Gasteiger partial charge in [-0.1, -0.05) is 53.5 Å². The van der Waals surface area contributed by atoms with Crippen LogP contribution in [0.5, 0.6) is 0 Å². The second-order valence-electron chi connectivity index (χ2n) is 7.00. The predicted octanol–water partition coefficient (Wildman–Crippen LogP) is 6.23. The Morgan fingerprint density at radius 3 is 2.52 bits per heavy atom. The largest absolute Gasteiger partial charge is 0.369 e. The van der Waals surface area contributed by atoms with Crippen molar-refractivity contribution in [1.29, 1.82) is 0 Å². The number of imidazole rings is 1. The molecule has 0 spiro atoms. The molecule has 1 aromatic heterocycles. The van der Waals surface area contributed by atoms with Crippen LogP contribution in [-0.4, -0.2) is 15.5 Å². The molecule has 0 unspecified atom stereocenters. The van der Waals surface area contributed by atoms with E-state index in [2.05, 4.69) is 22.4 Å². The van der Waals surface area contributed by atoms with Gasteiger partial charge in [-0.25, -0.2) is 4.98 Å². The van der Waals surface area contributed by atoms with Crippen molar-refractivity contribution in [1.82, 2.24) is 9.55 Å². The SMILES string of the molecule is Cl.Nc1nc2cc(NC(=O)c3ccc(Cl)c(Cl)c3)ccc2n1CCCc1ccccc1. The molecular weight excluding hydrogens is 455 g/mol. The highest BCUT2D eigenvalue weighted by atomic mass is 35.5. The van der Waals surface area contributed by atoms with Crippen LogP contribution in [0.1, 0.15) is 22.3 Å². The number of hydrogen-bond acceptors (Lipinski definition) is 3. The van der Waals surface area contributed by atoms with Gasteiger partial charge >= 0.3 is 0 Å². The fraction of sp³-hybridized carbons (Fsp3) is 0.130. The summed E-state index contributed by atoms with van der Waals surface area (Å²) in [5.74, 6) is 0.189. The fourth-order valence-corrected chi connectivity index (χ4v) is 3.69. The number of fused-ring (bicyclic) bond motifs is 1. The van der Waals surface area contributed by atoms with Crippen molar-refractivity contribution >= 4 is 64.2 Å². The van der Waals surface area contributed by atoms with E-state index in [0.29, 0.717) is 27.2 Å². The molecule has 0 bridgehead atoms. The summed E-state index contributed by atoms with van der Waals surface area (Å²) in [4.78, 5) is 17.0. The van der Waals surface area contributed by atoms with Gasteiger partial charge in [0.2, 0.25) is 5.95 Å². The third kappa shape index (κ3) is 5.31. The molecular formula is C23H21Cl3N4O. The Morgan fingerprint density at radius 1 is 1.00 bits per heavy atom.